The van der Waals surface area contributed by atoms with Crippen molar-refractivity contribution in [3.8, 4) is 17.2 Å². The lowest BCUT2D eigenvalue weighted by atomic mass is 9.91. The Hall–Kier alpha value is -2.25. The molecule has 0 spiro atoms. The minimum absolute atomic E-state index is 0.0271. The lowest BCUT2D eigenvalue weighted by molar-refractivity contribution is -0.143. The van der Waals surface area contributed by atoms with Crippen LogP contribution in [0.2, 0.25) is 0 Å². The van der Waals surface area contributed by atoms with Crippen LogP contribution in [0.25, 0.3) is 0 Å². The molecule has 1 atom stereocenters. The summed E-state index contributed by atoms with van der Waals surface area (Å²) in [5.41, 5.74) is 2.15. The van der Waals surface area contributed by atoms with E-state index in [0.717, 1.165) is 24.4 Å². The molecular weight excluding hydrogens is 366 g/mol. The molecule has 0 amide bonds. The van der Waals surface area contributed by atoms with Crippen LogP contribution < -0.4 is 14.2 Å². The normalized spacial score (nSPS) is 16.7. The van der Waals surface area contributed by atoms with Crippen molar-refractivity contribution in [2.75, 3.05) is 34.4 Å². The summed E-state index contributed by atoms with van der Waals surface area (Å²) < 4.78 is 16.6. The Bertz CT molecular complexity index is 769. The molecule has 1 saturated heterocycles. The second kappa shape index (κ2) is 8.63. The van der Waals surface area contributed by atoms with E-state index in [9.17, 15) is 9.90 Å². The van der Waals surface area contributed by atoms with Crippen molar-refractivity contribution in [3.05, 3.63) is 40.1 Å². The van der Waals surface area contributed by atoms with Gasteiger partial charge in [0.1, 0.15) is 5.75 Å². The van der Waals surface area contributed by atoms with Crippen molar-refractivity contribution in [2.45, 2.75) is 18.9 Å². The van der Waals surface area contributed by atoms with E-state index in [1.165, 1.54) is 5.56 Å². The topological polar surface area (TPSA) is 68.2 Å². The first kappa shape index (κ1) is 19.5. The first-order valence-electron chi connectivity index (χ1n) is 8.87. The van der Waals surface area contributed by atoms with Crippen LogP contribution in [0, 0.1) is 5.92 Å². The number of ether oxygens (including phenoxy) is 3. The van der Waals surface area contributed by atoms with Gasteiger partial charge in [-0.25, -0.2) is 0 Å². The Kier molecular flexibility index (Phi) is 6.23. The van der Waals surface area contributed by atoms with Gasteiger partial charge in [0.2, 0.25) is 0 Å². The van der Waals surface area contributed by atoms with Gasteiger partial charge in [0.15, 0.2) is 11.5 Å². The number of carboxylic acid groups (broad SMARTS) is 1. The molecule has 3 rings (SSSR count). The molecule has 7 heteroatoms. The highest BCUT2D eigenvalue weighted by molar-refractivity contribution is 7.08. The summed E-state index contributed by atoms with van der Waals surface area (Å²) >= 11 is 1.65. The van der Waals surface area contributed by atoms with Crippen LogP contribution in [0.1, 0.15) is 30.0 Å². The highest BCUT2D eigenvalue weighted by Gasteiger charge is 2.32. The van der Waals surface area contributed by atoms with E-state index in [4.69, 9.17) is 14.2 Å². The zero-order valence-corrected chi connectivity index (χ0v) is 16.6. The van der Waals surface area contributed by atoms with Crippen LogP contribution in [0.5, 0.6) is 17.2 Å². The van der Waals surface area contributed by atoms with Crippen LogP contribution in [-0.2, 0) is 4.79 Å². The summed E-state index contributed by atoms with van der Waals surface area (Å²) in [5.74, 6) is 1.02. The standard InChI is InChI=1S/C20H25NO5S/c1-24-16-11-18(26-3)17(25-2)10-15(16)19(14-6-9-27-12-14)21-7-4-13(5-8-21)20(22)23/h6,9-13,19H,4-5,7-8H2,1-3H3,(H,22,23). The van der Waals surface area contributed by atoms with E-state index < -0.39 is 5.97 Å². The Morgan fingerprint density at radius 1 is 1.11 bits per heavy atom. The predicted octanol–water partition coefficient (Wildman–Crippen LogP) is 3.66. The maximum Gasteiger partial charge on any atom is 0.306 e. The number of hydrogen-bond donors (Lipinski definition) is 1. The van der Waals surface area contributed by atoms with Gasteiger partial charge >= 0.3 is 5.97 Å². The van der Waals surface area contributed by atoms with Crippen molar-refractivity contribution in [3.63, 3.8) is 0 Å². The molecule has 1 unspecified atom stereocenters. The highest BCUT2D eigenvalue weighted by Crippen LogP contribution is 2.43. The Morgan fingerprint density at radius 3 is 2.26 bits per heavy atom. The third-order valence-electron chi connectivity index (χ3n) is 5.13. The van der Waals surface area contributed by atoms with Crippen molar-refractivity contribution < 1.29 is 24.1 Å². The highest BCUT2D eigenvalue weighted by atomic mass is 32.1. The fourth-order valence-corrected chi connectivity index (χ4v) is 4.37. The summed E-state index contributed by atoms with van der Waals surface area (Å²) in [5, 5.41) is 13.5. The molecule has 146 valence electrons. The lowest BCUT2D eigenvalue weighted by Crippen LogP contribution is -2.39. The number of hydrogen-bond acceptors (Lipinski definition) is 6. The average molecular weight is 391 g/mol. The molecule has 1 N–H and O–H groups in total. The van der Waals surface area contributed by atoms with Crippen molar-refractivity contribution in [1.82, 2.24) is 4.90 Å². The number of likely N-dealkylation sites (tertiary alicyclic amines) is 1. The monoisotopic (exact) mass is 391 g/mol. The quantitative estimate of drug-likeness (QED) is 0.777. The van der Waals surface area contributed by atoms with Gasteiger partial charge in [0, 0.05) is 11.6 Å². The van der Waals surface area contributed by atoms with E-state index in [2.05, 4.69) is 21.7 Å². The third kappa shape index (κ3) is 4.04. The molecule has 6 nitrogen and oxygen atoms in total. The number of nitrogens with zero attached hydrogens (tertiary/aromatic N) is 1. The zero-order chi connectivity index (χ0) is 19.4. The van der Waals surface area contributed by atoms with E-state index in [-0.39, 0.29) is 12.0 Å². The van der Waals surface area contributed by atoms with Crippen molar-refractivity contribution >= 4 is 17.3 Å². The number of benzene rings is 1. The number of carboxylic acids is 1. The molecule has 2 aromatic rings. The van der Waals surface area contributed by atoms with Gasteiger partial charge in [-0.3, -0.25) is 9.69 Å². The summed E-state index contributed by atoms with van der Waals surface area (Å²) in [6.07, 6.45) is 1.29. The summed E-state index contributed by atoms with van der Waals surface area (Å²) in [7, 11) is 4.86. The minimum atomic E-state index is -0.703. The van der Waals surface area contributed by atoms with Gasteiger partial charge in [0.05, 0.1) is 33.3 Å². The Morgan fingerprint density at radius 2 is 1.74 bits per heavy atom. The first-order valence-corrected chi connectivity index (χ1v) is 9.82. The number of aliphatic carboxylic acids is 1. The summed E-state index contributed by atoms with van der Waals surface area (Å²) in [6, 6.07) is 5.89. The van der Waals surface area contributed by atoms with Crippen LogP contribution in [-0.4, -0.2) is 50.4 Å². The lowest BCUT2D eigenvalue weighted by Gasteiger charge is -2.37. The molecule has 0 saturated carbocycles. The van der Waals surface area contributed by atoms with Crippen LogP contribution >= 0.6 is 11.3 Å². The van der Waals surface area contributed by atoms with Crippen molar-refractivity contribution in [1.29, 1.82) is 0 Å². The molecule has 1 aliphatic heterocycles. The molecule has 0 aliphatic carbocycles. The fraction of sp³-hybridized carbons (Fsp3) is 0.450. The molecule has 2 heterocycles. The molecule has 1 aromatic carbocycles. The molecule has 1 fully saturated rings. The predicted molar refractivity (Wildman–Crippen MR) is 104 cm³/mol. The Balaban J connectivity index is 2.01. The SMILES string of the molecule is COc1cc(OC)c(C(c2ccsc2)N2CCC(C(=O)O)CC2)cc1OC. The molecular formula is C20H25NO5S. The van der Waals surface area contributed by atoms with Crippen LogP contribution in [0.15, 0.2) is 29.0 Å². The van der Waals surface area contributed by atoms with Gasteiger partial charge in [-0.1, -0.05) is 0 Å². The molecule has 0 bridgehead atoms. The van der Waals surface area contributed by atoms with E-state index in [1.54, 1.807) is 32.7 Å². The van der Waals surface area contributed by atoms with Gasteiger partial charge in [0.25, 0.3) is 0 Å². The van der Waals surface area contributed by atoms with Crippen LogP contribution in [0.3, 0.4) is 0 Å². The molecule has 0 radical (unpaired) electrons. The van der Waals surface area contributed by atoms with Crippen LogP contribution in [0.4, 0.5) is 0 Å². The number of rotatable bonds is 7. The second-order valence-electron chi connectivity index (χ2n) is 6.56. The molecule has 1 aromatic heterocycles. The van der Waals surface area contributed by atoms with E-state index in [0.29, 0.717) is 24.3 Å². The van der Waals surface area contributed by atoms with E-state index >= 15 is 0 Å². The largest absolute Gasteiger partial charge is 0.496 e. The fourth-order valence-electron chi connectivity index (χ4n) is 3.69. The summed E-state index contributed by atoms with van der Waals surface area (Å²) in [6.45, 7) is 1.43. The molecule has 1 aliphatic rings. The maximum absolute atomic E-state index is 11.3. The van der Waals surface area contributed by atoms with Crippen molar-refractivity contribution in [2.24, 2.45) is 5.92 Å². The smallest absolute Gasteiger partial charge is 0.306 e. The summed E-state index contributed by atoms with van der Waals surface area (Å²) in [4.78, 5) is 13.6. The number of carbonyl (C=O) groups is 1. The van der Waals surface area contributed by atoms with Gasteiger partial charge in [-0.15, -0.1) is 0 Å². The number of thiophene rings is 1. The van der Waals surface area contributed by atoms with Gasteiger partial charge in [-0.05, 0) is 54.4 Å². The molecule has 27 heavy (non-hydrogen) atoms. The maximum atomic E-state index is 11.3. The van der Waals surface area contributed by atoms with E-state index in [1.807, 2.05) is 12.1 Å². The Labute approximate surface area is 163 Å². The minimum Gasteiger partial charge on any atom is -0.496 e. The average Bonchev–Trinajstić information content (AvgIpc) is 3.22. The second-order valence-corrected chi connectivity index (χ2v) is 7.34. The van der Waals surface area contributed by atoms with Gasteiger partial charge in [-0.2, -0.15) is 11.3 Å². The third-order valence-corrected chi connectivity index (χ3v) is 5.83. The zero-order valence-electron chi connectivity index (χ0n) is 15.8. The number of piperidine rings is 1. The first-order chi connectivity index (χ1) is 13.1. The van der Waals surface area contributed by atoms with Gasteiger partial charge < -0.3 is 19.3 Å². The number of methoxy groups -OCH3 is 3.